The van der Waals surface area contributed by atoms with E-state index in [2.05, 4.69) is 10.1 Å². The van der Waals surface area contributed by atoms with Crippen molar-refractivity contribution in [2.45, 2.75) is 32.8 Å². The maximum Gasteiger partial charge on any atom is 0.255 e. The lowest BCUT2D eigenvalue weighted by atomic mass is 10.1. The second kappa shape index (κ2) is 8.25. The second-order valence-corrected chi connectivity index (χ2v) is 6.96. The molecule has 0 bridgehead atoms. The Morgan fingerprint density at radius 1 is 1.11 bits per heavy atom. The Hall–Kier alpha value is -3.15. The lowest BCUT2D eigenvalue weighted by Crippen LogP contribution is -2.35. The number of carbonyl (C=O) groups is 1. The number of nitrogens with zero attached hydrogens (tertiary/aromatic N) is 3. The van der Waals surface area contributed by atoms with E-state index in [0.29, 0.717) is 18.1 Å². The number of hydrogen-bond donors (Lipinski definition) is 0. The Labute approximate surface area is 164 Å². The van der Waals surface area contributed by atoms with Crippen molar-refractivity contribution in [2.75, 3.05) is 13.1 Å². The normalized spacial score (nSPS) is 14.1. The Morgan fingerprint density at radius 3 is 2.61 bits per heavy atom. The fourth-order valence-electron chi connectivity index (χ4n) is 3.40. The summed E-state index contributed by atoms with van der Waals surface area (Å²) >= 11 is 0. The Bertz CT molecular complexity index is 929. The Kier molecular flexibility index (Phi) is 5.37. The summed E-state index contributed by atoms with van der Waals surface area (Å²) in [7, 11) is 0. The predicted molar refractivity (Wildman–Crippen MR) is 105 cm³/mol. The van der Waals surface area contributed by atoms with Gasteiger partial charge in [-0.15, -0.1) is 0 Å². The van der Waals surface area contributed by atoms with Crippen molar-refractivity contribution >= 4 is 5.91 Å². The summed E-state index contributed by atoms with van der Waals surface area (Å²) < 4.78 is 11.2. The van der Waals surface area contributed by atoms with Crippen LogP contribution in [0.5, 0.6) is 5.88 Å². The van der Waals surface area contributed by atoms with Gasteiger partial charge in [0, 0.05) is 30.9 Å². The van der Waals surface area contributed by atoms with Crippen molar-refractivity contribution in [1.29, 1.82) is 0 Å². The molecule has 1 aliphatic heterocycles. The monoisotopic (exact) mass is 377 g/mol. The third kappa shape index (κ3) is 3.91. The summed E-state index contributed by atoms with van der Waals surface area (Å²) in [5.41, 5.74) is 3.24. The van der Waals surface area contributed by atoms with E-state index in [1.54, 1.807) is 18.3 Å². The first-order chi connectivity index (χ1) is 13.7. The highest BCUT2D eigenvalue weighted by atomic mass is 16.5. The molecule has 2 aromatic heterocycles. The molecule has 6 heteroatoms. The summed E-state index contributed by atoms with van der Waals surface area (Å²) in [4.78, 5) is 18.7. The van der Waals surface area contributed by atoms with Gasteiger partial charge in [0.15, 0.2) is 0 Å². The zero-order valence-electron chi connectivity index (χ0n) is 15.9. The Morgan fingerprint density at radius 2 is 1.89 bits per heavy atom. The lowest BCUT2D eigenvalue weighted by Gasteiger charge is -2.26. The van der Waals surface area contributed by atoms with Gasteiger partial charge in [-0.25, -0.2) is 4.98 Å². The molecule has 1 saturated heterocycles. The van der Waals surface area contributed by atoms with Gasteiger partial charge in [0.05, 0.1) is 11.1 Å². The maximum atomic E-state index is 12.5. The highest BCUT2D eigenvalue weighted by molar-refractivity contribution is 5.94. The third-order valence-electron chi connectivity index (χ3n) is 5.02. The average Bonchev–Trinajstić information content (AvgIpc) is 3.13. The quantitative estimate of drug-likeness (QED) is 0.665. The molecule has 3 heterocycles. The number of benzene rings is 1. The molecule has 28 heavy (non-hydrogen) atoms. The number of rotatable bonds is 5. The predicted octanol–water partition coefficient (Wildman–Crippen LogP) is 4.25. The molecule has 1 aliphatic rings. The number of piperidine rings is 1. The molecular formula is C22H23N3O3. The van der Waals surface area contributed by atoms with Crippen LogP contribution in [-0.4, -0.2) is 34.0 Å². The minimum atomic E-state index is 0.0417. The fraction of sp³-hybridized carbons (Fsp3) is 0.318. The zero-order valence-corrected chi connectivity index (χ0v) is 15.9. The summed E-state index contributed by atoms with van der Waals surface area (Å²) in [5.74, 6) is 1.23. The van der Waals surface area contributed by atoms with Crippen LogP contribution in [0.1, 0.15) is 40.9 Å². The van der Waals surface area contributed by atoms with Crippen LogP contribution < -0.4 is 4.74 Å². The van der Waals surface area contributed by atoms with E-state index in [4.69, 9.17) is 9.26 Å². The van der Waals surface area contributed by atoms with E-state index >= 15 is 0 Å². The topological polar surface area (TPSA) is 68.5 Å². The largest absolute Gasteiger partial charge is 0.473 e. The van der Waals surface area contributed by atoms with Gasteiger partial charge >= 0.3 is 0 Å². The molecule has 0 N–H and O–H groups in total. The summed E-state index contributed by atoms with van der Waals surface area (Å²) in [5, 5.41) is 4.16. The molecule has 0 saturated carbocycles. The van der Waals surface area contributed by atoms with Gasteiger partial charge in [-0.05, 0) is 32.3 Å². The highest BCUT2D eigenvalue weighted by Gasteiger charge is 2.19. The molecule has 1 aromatic carbocycles. The van der Waals surface area contributed by atoms with Crippen molar-refractivity contribution < 1.29 is 14.1 Å². The second-order valence-electron chi connectivity index (χ2n) is 6.96. The van der Waals surface area contributed by atoms with Crippen LogP contribution in [0.2, 0.25) is 0 Å². The molecule has 1 amide bonds. The van der Waals surface area contributed by atoms with E-state index in [-0.39, 0.29) is 5.91 Å². The molecule has 144 valence electrons. The summed E-state index contributed by atoms with van der Waals surface area (Å²) in [6.45, 7) is 3.82. The number of pyridine rings is 1. The van der Waals surface area contributed by atoms with Crippen molar-refractivity contribution in [3.63, 3.8) is 0 Å². The van der Waals surface area contributed by atoms with Gasteiger partial charge in [-0.2, -0.15) is 0 Å². The van der Waals surface area contributed by atoms with Crippen LogP contribution >= 0.6 is 0 Å². The van der Waals surface area contributed by atoms with Gasteiger partial charge in [-0.3, -0.25) is 4.79 Å². The van der Waals surface area contributed by atoms with E-state index in [9.17, 15) is 4.79 Å². The van der Waals surface area contributed by atoms with E-state index < -0.39 is 0 Å². The molecule has 0 spiro atoms. The van der Waals surface area contributed by atoms with Crippen LogP contribution in [0.25, 0.3) is 11.3 Å². The van der Waals surface area contributed by atoms with Gasteiger partial charge in [0.25, 0.3) is 5.91 Å². The van der Waals surface area contributed by atoms with Gasteiger partial charge in [0.1, 0.15) is 18.1 Å². The third-order valence-corrected chi connectivity index (χ3v) is 5.02. The SMILES string of the molecule is Cc1onc(-c2ccccc2)c1COc1ccc(C(=O)N2CCCCC2)cn1. The Balaban J connectivity index is 1.43. The molecule has 0 aliphatic carbocycles. The van der Waals surface area contributed by atoms with E-state index in [0.717, 1.165) is 48.5 Å². The maximum absolute atomic E-state index is 12.5. The summed E-state index contributed by atoms with van der Waals surface area (Å²) in [6, 6.07) is 13.4. The standard InChI is InChI=1S/C22H23N3O3/c1-16-19(21(24-28-16)17-8-4-2-5-9-17)15-27-20-11-10-18(14-23-20)22(26)25-12-6-3-7-13-25/h2,4-5,8-11,14H,3,6-7,12-13,15H2,1H3. The van der Waals surface area contributed by atoms with E-state index in [1.807, 2.05) is 42.2 Å². The fourth-order valence-corrected chi connectivity index (χ4v) is 3.40. The van der Waals surface area contributed by atoms with Crippen molar-refractivity contribution in [3.05, 3.63) is 65.5 Å². The molecule has 4 rings (SSSR count). The van der Waals surface area contributed by atoms with Gasteiger partial charge in [0.2, 0.25) is 5.88 Å². The molecule has 0 atom stereocenters. The number of aromatic nitrogens is 2. The number of likely N-dealkylation sites (tertiary alicyclic amines) is 1. The lowest BCUT2D eigenvalue weighted by molar-refractivity contribution is 0.0724. The molecule has 6 nitrogen and oxygen atoms in total. The first kappa shape index (κ1) is 18.2. The molecular weight excluding hydrogens is 354 g/mol. The molecule has 0 unspecified atom stereocenters. The van der Waals surface area contributed by atoms with Crippen LogP contribution in [0.3, 0.4) is 0 Å². The molecule has 0 radical (unpaired) electrons. The highest BCUT2D eigenvalue weighted by Crippen LogP contribution is 2.26. The first-order valence-electron chi connectivity index (χ1n) is 9.61. The number of carbonyl (C=O) groups excluding carboxylic acids is 1. The molecule has 1 fully saturated rings. The minimum absolute atomic E-state index is 0.0417. The first-order valence-corrected chi connectivity index (χ1v) is 9.61. The van der Waals surface area contributed by atoms with Gasteiger partial charge in [-0.1, -0.05) is 35.5 Å². The summed E-state index contributed by atoms with van der Waals surface area (Å²) in [6.07, 6.45) is 4.93. The van der Waals surface area contributed by atoms with Crippen LogP contribution in [0.4, 0.5) is 0 Å². The number of ether oxygens (including phenoxy) is 1. The van der Waals surface area contributed by atoms with Crippen LogP contribution in [-0.2, 0) is 6.61 Å². The minimum Gasteiger partial charge on any atom is -0.473 e. The van der Waals surface area contributed by atoms with Gasteiger partial charge < -0.3 is 14.2 Å². The van der Waals surface area contributed by atoms with Crippen molar-refractivity contribution in [2.24, 2.45) is 0 Å². The number of amides is 1. The smallest absolute Gasteiger partial charge is 0.255 e. The number of hydrogen-bond acceptors (Lipinski definition) is 5. The van der Waals surface area contributed by atoms with Crippen LogP contribution in [0.15, 0.2) is 53.2 Å². The van der Waals surface area contributed by atoms with Crippen molar-refractivity contribution in [1.82, 2.24) is 15.0 Å². The van der Waals surface area contributed by atoms with Crippen LogP contribution in [0, 0.1) is 6.92 Å². The van der Waals surface area contributed by atoms with Crippen molar-refractivity contribution in [3.8, 4) is 17.1 Å². The average molecular weight is 377 g/mol. The zero-order chi connectivity index (χ0) is 19.3. The number of aryl methyl sites for hydroxylation is 1. The van der Waals surface area contributed by atoms with E-state index in [1.165, 1.54) is 6.42 Å². The molecule has 3 aromatic rings.